The Labute approximate surface area is 158 Å². The second-order valence-corrected chi connectivity index (χ2v) is 8.56. The van der Waals surface area contributed by atoms with Crippen molar-refractivity contribution in [3.05, 3.63) is 23.8 Å². The summed E-state index contributed by atoms with van der Waals surface area (Å²) in [6.45, 7) is 5.75. The minimum atomic E-state index is -0.0858. The largest absolute Gasteiger partial charge is 0.339 e. The van der Waals surface area contributed by atoms with E-state index < -0.39 is 0 Å². The Kier molecular flexibility index (Phi) is 5.32. The lowest BCUT2D eigenvalue weighted by Gasteiger charge is -2.39. The highest BCUT2D eigenvalue weighted by molar-refractivity contribution is 8.00. The maximum Gasteiger partial charge on any atom is 0.253 e. The van der Waals surface area contributed by atoms with Crippen LogP contribution in [0.25, 0.3) is 0 Å². The molecule has 2 N–H and O–H groups in total. The summed E-state index contributed by atoms with van der Waals surface area (Å²) in [5.74, 6) is 0.0854. The Bertz CT molecular complexity index is 681. The van der Waals surface area contributed by atoms with E-state index in [1.54, 1.807) is 11.8 Å². The third-order valence-corrected chi connectivity index (χ3v) is 6.78. The van der Waals surface area contributed by atoms with Crippen LogP contribution in [0.2, 0.25) is 0 Å². The van der Waals surface area contributed by atoms with Crippen LogP contribution < -0.4 is 10.6 Å². The number of anilines is 1. The van der Waals surface area contributed by atoms with Gasteiger partial charge in [-0.25, -0.2) is 0 Å². The van der Waals surface area contributed by atoms with Crippen molar-refractivity contribution in [3.8, 4) is 0 Å². The fourth-order valence-electron chi connectivity index (χ4n) is 3.93. The zero-order chi connectivity index (χ0) is 16.7. The Morgan fingerprint density at radius 3 is 2.72 bits per heavy atom. The topological polar surface area (TPSA) is 61.4 Å². The minimum absolute atomic E-state index is 0. The van der Waals surface area contributed by atoms with E-state index in [2.05, 4.69) is 10.6 Å². The maximum atomic E-state index is 12.8. The molecule has 1 spiro atoms. The number of rotatable bonds is 1. The molecular weight excluding hydrogens is 358 g/mol. The van der Waals surface area contributed by atoms with E-state index in [4.69, 9.17) is 0 Å². The molecule has 25 heavy (non-hydrogen) atoms. The third-order valence-electron chi connectivity index (χ3n) is 5.60. The molecule has 1 unspecified atom stereocenters. The van der Waals surface area contributed by atoms with Crippen LogP contribution in [0.4, 0.5) is 5.69 Å². The molecule has 3 aliphatic rings. The number of benzene rings is 1. The molecule has 2 saturated heterocycles. The molecule has 2 amide bonds. The molecule has 7 heteroatoms. The lowest BCUT2D eigenvalue weighted by Crippen LogP contribution is -2.44. The Balaban J connectivity index is 0.00000182. The fourth-order valence-corrected chi connectivity index (χ4v) is 4.86. The van der Waals surface area contributed by atoms with Crippen molar-refractivity contribution >= 4 is 41.7 Å². The predicted octanol–water partition coefficient (Wildman–Crippen LogP) is 2.76. The van der Waals surface area contributed by atoms with E-state index in [-0.39, 0.29) is 29.5 Å². The molecule has 3 aliphatic heterocycles. The van der Waals surface area contributed by atoms with Crippen molar-refractivity contribution in [1.29, 1.82) is 0 Å². The quantitative estimate of drug-likeness (QED) is 0.785. The van der Waals surface area contributed by atoms with E-state index in [0.717, 1.165) is 49.6 Å². The second-order valence-electron chi connectivity index (χ2n) is 7.18. The van der Waals surface area contributed by atoms with Gasteiger partial charge in [-0.3, -0.25) is 9.59 Å². The highest BCUT2D eigenvalue weighted by atomic mass is 35.5. The molecule has 1 aromatic carbocycles. The summed E-state index contributed by atoms with van der Waals surface area (Å²) < 4.78 is 0. The number of thioether (sulfide) groups is 1. The first-order valence-electron chi connectivity index (χ1n) is 8.68. The van der Waals surface area contributed by atoms with Gasteiger partial charge in [0.1, 0.15) is 0 Å². The summed E-state index contributed by atoms with van der Waals surface area (Å²) in [4.78, 5) is 27.7. The normalized spacial score (nSPS) is 24.4. The minimum Gasteiger partial charge on any atom is -0.339 e. The first kappa shape index (κ1) is 18.5. The van der Waals surface area contributed by atoms with Crippen molar-refractivity contribution in [3.63, 3.8) is 0 Å². The van der Waals surface area contributed by atoms with Gasteiger partial charge in [0.25, 0.3) is 5.91 Å². The Morgan fingerprint density at radius 2 is 2.04 bits per heavy atom. The second kappa shape index (κ2) is 7.17. The van der Waals surface area contributed by atoms with Crippen LogP contribution in [0.1, 0.15) is 36.5 Å². The highest BCUT2D eigenvalue weighted by Gasteiger charge is 2.38. The lowest BCUT2D eigenvalue weighted by atomic mass is 9.78. The molecule has 1 aromatic rings. The van der Waals surface area contributed by atoms with Crippen molar-refractivity contribution in [2.75, 3.05) is 31.5 Å². The van der Waals surface area contributed by atoms with Gasteiger partial charge in [0.05, 0.1) is 10.9 Å². The molecule has 0 saturated carbocycles. The van der Waals surface area contributed by atoms with Gasteiger partial charge in [-0.1, -0.05) is 0 Å². The van der Waals surface area contributed by atoms with Crippen molar-refractivity contribution in [2.45, 2.75) is 36.3 Å². The number of hydrogen-bond donors (Lipinski definition) is 2. The van der Waals surface area contributed by atoms with E-state index >= 15 is 0 Å². The number of fused-ring (bicyclic) bond motifs is 1. The van der Waals surface area contributed by atoms with Crippen LogP contribution in [0.15, 0.2) is 23.1 Å². The lowest BCUT2D eigenvalue weighted by molar-refractivity contribution is -0.115. The molecule has 3 heterocycles. The number of carbonyl (C=O) groups is 2. The van der Waals surface area contributed by atoms with Gasteiger partial charge in [0.15, 0.2) is 0 Å². The number of carbonyl (C=O) groups excluding carboxylic acids is 2. The van der Waals surface area contributed by atoms with E-state index in [0.29, 0.717) is 11.0 Å². The number of halogens is 1. The summed E-state index contributed by atoms with van der Waals surface area (Å²) in [6.07, 6.45) is 3.40. The van der Waals surface area contributed by atoms with Gasteiger partial charge in [-0.15, -0.1) is 24.2 Å². The van der Waals surface area contributed by atoms with Crippen molar-refractivity contribution in [1.82, 2.24) is 10.2 Å². The first-order chi connectivity index (χ1) is 11.6. The van der Waals surface area contributed by atoms with Gasteiger partial charge < -0.3 is 15.5 Å². The molecular formula is C18H24ClN3O2S. The third kappa shape index (κ3) is 3.52. The molecule has 0 aliphatic carbocycles. The summed E-state index contributed by atoms with van der Waals surface area (Å²) in [5, 5.41) is 6.28. The molecule has 4 rings (SSSR count). The van der Waals surface area contributed by atoms with Crippen LogP contribution in [0.3, 0.4) is 0 Å². The first-order valence-corrected chi connectivity index (χ1v) is 9.56. The van der Waals surface area contributed by atoms with E-state index in [9.17, 15) is 9.59 Å². The SMILES string of the molecule is CC1Sc2ccc(C(=O)N3CCC4(CCNC4)CC3)cc2NC1=O.Cl. The molecule has 5 nitrogen and oxygen atoms in total. The zero-order valence-electron chi connectivity index (χ0n) is 14.3. The molecule has 1 atom stereocenters. The Morgan fingerprint density at radius 1 is 1.28 bits per heavy atom. The highest BCUT2D eigenvalue weighted by Crippen LogP contribution is 2.38. The molecule has 0 aromatic heterocycles. The molecule has 0 bridgehead atoms. The van der Waals surface area contributed by atoms with Crippen LogP contribution in [-0.4, -0.2) is 48.1 Å². The zero-order valence-corrected chi connectivity index (χ0v) is 16.0. The van der Waals surface area contributed by atoms with Gasteiger partial charge in [0.2, 0.25) is 5.91 Å². The Hall–Kier alpha value is -1.24. The van der Waals surface area contributed by atoms with Gasteiger partial charge in [-0.2, -0.15) is 0 Å². The van der Waals surface area contributed by atoms with Gasteiger partial charge >= 0.3 is 0 Å². The van der Waals surface area contributed by atoms with Crippen molar-refractivity contribution in [2.24, 2.45) is 5.41 Å². The summed E-state index contributed by atoms with van der Waals surface area (Å²) in [7, 11) is 0. The number of likely N-dealkylation sites (tertiary alicyclic amines) is 1. The van der Waals surface area contributed by atoms with Crippen LogP contribution >= 0.6 is 24.2 Å². The maximum absolute atomic E-state index is 12.8. The monoisotopic (exact) mass is 381 g/mol. The van der Waals surface area contributed by atoms with Crippen LogP contribution in [0, 0.1) is 5.41 Å². The van der Waals surface area contributed by atoms with Crippen LogP contribution in [0.5, 0.6) is 0 Å². The average molecular weight is 382 g/mol. The van der Waals surface area contributed by atoms with E-state index in [1.165, 1.54) is 6.42 Å². The molecule has 0 radical (unpaired) electrons. The number of nitrogens with one attached hydrogen (secondary N) is 2. The summed E-state index contributed by atoms with van der Waals surface area (Å²) in [6, 6.07) is 5.67. The summed E-state index contributed by atoms with van der Waals surface area (Å²) in [5.41, 5.74) is 1.85. The average Bonchev–Trinajstić information content (AvgIpc) is 3.04. The smallest absolute Gasteiger partial charge is 0.253 e. The number of hydrogen-bond acceptors (Lipinski definition) is 4. The number of piperidine rings is 1. The predicted molar refractivity (Wildman–Crippen MR) is 103 cm³/mol. The van der Waals surface area contributed by atoms with Gasteiger partial charge in [0, 0.05) is 30.1 Å². The number of amides is 2. The molecule has 136 valence electrons. The standard InChI is InChI=1S/C18H23N3O2S.ClH/c1-12-16(22)20-14-10-13(2-3-15(14)24-12)17(23)21-8-5-18(6-9-21)4-7-19-11-18;/h2-3,10,12,19H,4-9,11H2,1H3,(H,20,22);1H. The van der Waals surface area contributed by atoms with Crippen molar-refractivity contribution < 1.29 is 9.59 Å². The van der Waals surface area contributed by atoms with Gasteiger partial charge in [-0.05, 0) is 56.3 Å². The van der Waals surface area contributed by atoms with Crippen LogP contribution in [-0.2, 0) is 4.79 Å². The summed E-state index contributed by atoms with van der Waals surface area (Å²) >= 11 is 1.54. The fraction of sp³-hybridized carbons (Fsp3) is 0.556. The van der Waals surface area contributed by atoms with E-state index in [1.807, 2.05) is 30.0 Å². The molecule has 2 fully saturated rings. The number of nitrogens with zero attached hydrogens (tertiary/aromatic N) is 1.